The number of carbonyl (C=O) groups excluding carboxylic acids is 1. The van der Waals surface area contributed by atoms with Gasteiger partial charge >= 0.3 is 0 Å². The molecule has 0 aliphatic carbocycles. The van der Waals surface area contributed by atoms with Crippen molar-refractivity contribution in [3.05, 3.63) is 40.2 Å². The van der Waals surface area contributed by atoms with Crippen LogP contribution in [0.25, 0.3) is 0 Å². The van der Waals surface area contributed by atoms with Crippen molar-refractivity contribution in [1.29, 1.82) is 0 Å². The molecule has 0 atom stereocenters. The average molecular weight is 375 g/mol. The number of para-hydroxylation sites is 2. The number of nitrogens with one attached hydrogen (secondary N) is 2. The average Bonchev–Trinajstić information content (AvgIpc) is 2.78. The van der Waals surface area contributed by atoms with Crippen molar-refractivity contribution in [2.75, 3.05) is 10.0 Å². The SMILES string of the molecule is CC(=O)Nc1ccccc1NS(=O)(=O)c1ccc(Br)s1. The molecule has 0 saturated carbocycles. The van der Waals surface area contributed by atoms with E-state index in [4.69, 9.17) is 0 Å². The van der Waals surface area contributed by atoms with Crippen LogP contribution < -0.4 is 10.0 Å². The second-order valence-corrected chi connectivity index (χ2v) is 8.26. The van der Waals surface area contributed by atoms with E-state index >= 15 is 0 Å². The van der Waals surface area contributed by atoms with Gasteiger partial charge in [-0.15, -0.1) is 11.3 Å². The molecule has 0 unspecified atom stereocenters. The highest BCUT2D eigenvalue weighted by Crippen LogP contribution is 2.29. The van der Waals surface area contributed by atoms with Crippen molar-refractivity contribution in [1.82, 2.24) is 0 Å². The minimum absolute atomic E-state index is 0.196. The fourth-order valence-electron chi connectivity index (χ4n) is 1.51. The van der Waals surface area contributed by atoms with Crippen LogP contribution in [0.15, 0.2) is 44.4 Å². The predicted octanol–water partition coefficient (Wildman–Crippen LogP) is 3.27. The topological polar surface area (TPSA) is 75.3 Å². The Balaban J connectivity index is 2.32. The van der Waals surface area contributed by atoms with E-state index in [9.17, 15) is 13.2 Å². The molecule has 2 N–H and O–H groups in total. The van der Waals surface area contributed by atoms with E-state index in [-0.39, 0.29) is 10.1 Å². The lowest BCUT2D eigenvalue weighted by Gasteiger charge is -2.11. The van der Waals surface area contributed by atoms with Gasteiger partial charge in [0, 0.05) is 6.92 Å². The van der Waals surface area contributed by atoms with Crippen molar-refractivity contribution in [2.45, 2.75) is 11.1 Å². The van der Waals surface area contributed by atoms with Crippen LogP contribution in [-0.2, 0) is 14.8 Å². The van der Waals surface area contributed by atoms with Gasteiger partial charge in [-0.25, -0.2) is 8.42 Å². The van der Waals surface area contributed by atoms with E-state index in [2.05, 4.69) is 26.0 Å². The van der Waals surface area contributed by atoms with Crippen LogP contribution in [0.2, 0.25) is 0 Å². The van der Waals surface area contributed by atoms with Crippen molar-refractivity contribution >= 4 is 54.6 Å². The molecule has 0 aliphatic heterocycles. The Hall–Kier alpha value is -1.38. The lowest BCUT2D eigenvalue weighted by Crippen LogP contribution is -2.14. The Kier molecular flexibility index (Phi) is 4.46. The number of hydrogen-bond acceptors (Lipinski definition) is 4. The molecule has 8 heteroatoms. The van der Waals surface area contributed by atoms with Gasteiger partial charge in [-0.3, -0.25) is 9.52 Å². The van der Waals surface area contributed by atoms with Crippen LogP contribution in [-0.4, -0.2) is 14.3 Å². The van der Waals surface area contributed by atoms with E-state index in [0.29, 0.717) is 11.4 Å². The molecule has 1 amide bonds. The number of amides is 1. The second kappa shape index (κ2) is 5.94. The highest BCUT2D eigenvalue weighted by Gasteiger charge is 2.18. The third kappa shape index (κ3) is 3.59. The fourth-order valence-corrected chi connectivity index (χ4v) is 4.60. The standard InChI is InChI=1S/C12H11BrN2O3S2/c1-8(16)14-9-4-2-3-5-10(9)15-20(17,18)12-7-6-11(13)19-12/h2-7,15H,1H3,(H,14,16). The van der Waals surface area contributed by atoms with Gasteiger partial charge in [0.05, 0.1) is 15.2 Å². The lowest BCUT2D eigenvalue weighted by atomic mass is 10.3. The molecule has 0 radical (unpaired) electrons. The van der Waals surface area contributed by atoms with Gasteiger partial charge in [-0.05, 0) is 40.2 Å². The molecular weight excluding hydrogens is 364 g/mol. The Morgan fingerprint density at radius 1 is 1.15 bits per heavy atom. The normalized spacial score (nSPS) is 11.1. The van der Waals surface area contributed by atoms with Crippen molar-refractivity contribution in [2.24, 2.45) is 0 Å². The van der Waals surface area contributed by atoms with Crippen LogP contribution >= 0.6 is 27.3 Å². The number of rotatable bonds is 4. The zero-order chi connectivity index (χ0) is 14.8. The summed E-state index contributed by atoms with van der Waals surface area (Å²) in [5.41, 5.74) is 0.742. The monoisotopic (exact) mass is 374 g/mol. The number of thiophene rings is 1. The molecule has 0 aliphatic rings. The molecule has 0 saturated heterocycles. The van der Waals surface area contributed by atoms with Gasteiger partial charge in [0.1, 0.15) is 4.21 Å². The molecule has 2 rings (SSSR count). The molecule has 5 nitrogen and oxygen atoms in total. The first kappa shape index (κ1) is 15.0. The molecule has 0 bridgehead atoms. The molecule has 1 aromatic heterocycles. The summed E-state index contributed by atoms with van der Waals surface area (Å²) in [7, 11) is -3.66. The summed E-state index contributed by atoms with van der Waals surface area (Å²) in [6.45, 7) is 1.36. The van der Waals surface area contributed by atoms with E-state index in [1.54, 1.807) is 30.3 Å². The maximum absolute atomic E-state index is 12.2. The second-order valence-electron chi connectivity index (χ2n) is 3.89. The quantitative estimate of drug-likeness (QED) is 0.861. The van der Waals surface area contributed by atoms with Gasteiger partial charge in [0.25, 0.3) is 10.0 Å². The van der Waals surface area contributed by atoms with Crippen molar-refractivity contribution in [3.8, 4) is 0 Å². The Labute approximate surface area is 129 Å². The smallest absolute Gasteiger partial charge is 0.271 e. The maximum Gasteiger partial charge on any atom is 0.271 e. The molecule has 0 fully saturated rings. The van der Waals surface area contributed by atoms with Crippen LogP contribution in [0.5, 0.6) is 0 Å². The molecule has 20 heavy (non-hydrogen) atoms. The number of carbonyl (C=O) groups is 1. The third-order valence-corrected chi connectivity index (χ3v) is 5.78. The van der Waals surface area contributed by atoms with E-state index in [0.717, 1.165) is 15.1 Å². The Bertz CT molecular complexity index is 741. The first-order chi connectivity index (χ1) is 9.38. The Morgan fingerprint density at radius 2 is 1.80 bits per heavy atom. The molecule has 1 heterocycles. The molecule has 0 spiro atoms. The summed E-state index contributed by atoms with van der Waals surface area (Å²) in [6.07, 6.45) is 0. The van der Waals surface area contributed by atoms with Gasteiger partial charge < -0.3 is 5.32 Å². The molecule has 2 aromatic rings. The first-order valence-corrected chi connectivity index (χ1v) is 8.62. The first-order valence-electron chi connectivity index (χ1n) is 5.53. The summed E-state index contributed by atoms with van der Waals surface area (Å²) in [6, 6.07) is 9.80. The number of anilines is 2. The summed E-state index contributed by atoms with van der Waals surface area (Å²) in [5.74, 6) is -0.268. The number of halogens is 1. The van der Waals surface area contributed by atoms with Gasteiger partial charge in [0.2, 0.25) is 5.91 Å². The zero-order valence-electron chi connectivity index (χ0n) is 10.4. The van der Waals surface area contributed by atoms with E-state index < -0.39 is 10.0 Å². The van der Waals surface area contributed by atoms with Crippen molar-refractivity contribution < 1.29 is 13.2 Å². The summed E-state index contributed by atoms with van der Waals surface area (Å²) in [4.78, 5) is 11.1. The summed E-state index contributed by atoms with van der Waals surface area (Å²) >= 11 is 4.34. The Morgan fingerprint density at radius 3 is 2.35 bits per heavy atom. The zero-order valence-corrected chi connectivity index (χ0v) is 13.6. The largest absolute Gasteiger partial charge is 0.325 e. The highest BCUT2D eigenvalue weighted by atomic mass is 79.9. The highest BCUT2D eigenvalue weighted by molar-refractivity contribution is 9.11. The summed E-state index contributed by atoms with van der Waals surface area (Å²) < 4.78 is 27.8. The minimum atomic E-state index is -3.66. The maximum atomic E-state index is 12.2. The van der Waals surface area contributed by atoms with Crippen LogP contribution in [0.3, 0.4) is 0 Å². The minimum Gasteiger partial charge on any atom is -0.325 e. The van der Waals surface area contributed by atoms with Crippen LogP contribution in [0.1, 0.15) is 6.92 Å². The number of benzene rings is 1. The predicted molar refractivity (Wildman–Crippen MR) is 83.6 cm³/mol. The van der Waals surface area contributed by atoms with Gasteiger partial charge in [0.15, 0.2) is 0 Å². The van der Waals surface area contributed by atoms with Gasteiger partial charge in [-0.2, -0.15) is 0 Å². The van der Waals surface area contributed by atoms with Gasteiger partial charge in [-0.1, -0.05) is 12.1 Å². The molecular formula is C12H11BrN2O3S2. The van der Waals surface area contributed by atoms with E-state index in [1.807, 2.05) is 0 Å². The lowest BCUT2D eigenvalue weighted by molar-refractivity contribution is -0.114. The third-order valence-electron chi connectivity index (χ3n) is 2.30. The molecule has 1 aromatic carbocycles. The fraction of sp³-hybridized carbons (Fsp3) is 0.0833. The number of sulfonamides is 1. The molecule has 106 valence electrons. The van der Waals surface area contributed by atoms with Crippen LogP contribution in [0, 0.1) is 0 Å². The van der Waals surface area contributed by atoms with Crippen LogP contribution in [0.4, 0.5) is 11.4 Å². The van der Waals surface area contributed by atoms with E-state index in [1.165, 1.54) is 13.0 Å². The summed E-state index contributed by atoms with van der Waals surface area (Å²) in [5, 5.41) is 2.58. The van der Waals surface area contributed by atoms with Crippen molar-refractivity contribution in [3.63, 3.8) is 0 Å². The number of hydrogen-bond donors (Lipinski definition) is 2.